The normalized spacial score (nSPS) is 17.1. The van der Waals surface area contributed by atoms with Crippen LogP contribution in [-0.4, -0.2) is 62.4 Å². The van der Waals surface area contributed by atoms with Crippen LogP contribution in [-0.2, 0) is 18.7 Å². The van der Waals surface area contributed by atoms with Crippen LogP contribution in [0.5, 0.6) is 0 Å². The van der Waals surface area contributed by atoms with Crippen LogP contribution in [0.2, 0.25) is 0 Å². The Kier molecular flexibility index (Phi) is 6.55. The zero-order valence-electron chi connectivity index (χ0n) is 17.5. The van der Waals surface area contributed by atoms with E-state index in [-0.39, 0.29) is 18.7 Å². The van der Waals surface area contributed by atoms with Gasteiger partial charge in [0.2, 0.25) is 0 Å². The van der Waals surface area contributed by atoms with E-state index in [0.29, 0.717) is 18.7 Å². The predicted molar refractivity (Wildman–Crippen MR) is 113 cm³/mol. The maximum absolute atomic E-state index is 14.6. The van der Waals surface area contributed by atoms with E-state index in [1.165, 1.54) is 23.4 Å². The van der Waals surface area contributed by atoms with Crippen LogP contribution >= 0.6 is 0 Å². The van der Waals surface area contributed by atoms with Crippen molar-refractivity contribution in [3.05, 3.63) is 83.4 Å². The Morgan fingerprint density at radius 1 is 1.00 bits per heavy atom. The molecule has 1 unspecified atom stereocenters. The van der Waals surface area contributed by atoms with Crippen molar-refractivity contribution >= 4 is 0 Å². The molecule has 1 fully saturated rings. The Morgan fingerprint density at radius 3 is 2.34 bits per heavy atom. The van der Waals surface area contributed by atoms with E-state index in [4.69, 9.17) is 5.26 Å². The molecule has 3 aromatic rings. The summed E-state index contributed by atoms with van der Waals surface area (Å²) < 4.78 is 29.5. The fourth-order valence-corrected chi connectivity index (χ4v) is 4.09. The molecule has 1 atom stereocenters. The van der Waals surface area contributed by atoms with Crippen LogP contribution in [0.4, 0.5) is 8.78 Å². The minimum absolute atomic E-state index is 0.001000. The first-order valence-electron chi connectivity index (χ1n) is 10.4. The molecule has 2 aromatic carbocycles. The number of nitriles is 1. The van der Waals surface area contributed by atoms with Crippen molar-refractivity contribution < 1.29 is 13.9 Å². The van der Waals surface area contributed by atoms with Gasteiger partial charge in [-0.1, -0.05) is 18.2 Å². The molecule has 166 valence electrons. The second-order valence-corrected chi connectivity index (χ2v) is 8.11. The van der Waals surface area contributed by atoms with E-state index in [2.05, 4.69) is 26.0 Å². The lowest BCUT2D eigenvalue weighted by Gasteiger charge is -2.39. The minimum atomic E-state index is -1.60. The summed E-state index contributed by atoms with van der Waals surface area (Å²) in [6.45, 7) is 3.91. The number of β-amino-alcohol motifs (C(OH)–C–C–N with tert-alkyl or cyclic N) is 1. The lowest BCUT2D eigenvalue weighted by molar-refractivity contribution is -0.0324. The van der Waals surface area contributed by atoms with Crippen molar-refractivity contribution in [1.82, 2.24) is 24.6 Å². The third-order valence-corrected chi connectivity index (χ3v) is 5.76. The van der Waals surface area contributed by atoms with Crippen LogP contribution in [0.25, 0.3) is 0 Å². The van der Waals surface area contributed by atoms with E-state index < -0.39 is 17.2 Å². The highest BCUT2D eigenvalue weighted by molar-refractivity contribution is 5.31. The maximum atomic E-state index is 14.6. The number of hydrogen-bond acceptors (Lipinski definition) is 6. The van der Waals surface area contributed by atoms with Gasteiger partial charge < -0.3 is 5.11 Å². The molecule has 7 nitrogen and oxygen atoms in total. The number of hydrogen-bond donors (Lipinski definition) is 1. The molecule has 2 heterocycles. The van der Waals surface area contributed by atoms with Gasteiger partial charge in [0, 0.05) is 50.9 Å². The van der Waals surface area contributed by atoms with E-state index in [1.54, 1.807) is 0 Å². The van der Waals surface area contributed by atoms with Crippen molar-refractivity contribution in [2.45, 2.75) is 18.7 Å². The quantitative estimate of drug-likeness (QED) is 0.609. The van der Waals surface area contributed by atoms with Gasteiger partial charge >= 0.3 is 0 Å². The van der Waals surface area contributed by atoms with Gasteiger partial charge in [0.15, 0.2) is 0 Å². The number of nitrogens with zero attached hydrogens (tertiary/aromatic N) is 6. The first-order valence-corrected chi connectivity index (χ1v) is 10.4. The third kappa shape index (κ3) is 5.16. The van der Waals surface area contributed by atoms with Gasteiger partial charge in [0.05, 0.1) is 18.2 Å². The van der Waals surface area contributed by atoms with Gasteiger partial charge in [0.25, 0.3) is 0 Å². The number of aliphatic hydroxyl groups is 1. The highest BCUT2D eigenvalue weighted by Gasteiger charge is 2.36. The van der Waals surface area contributed by atoms with Crippen molar-refractivity contribution in [2.75, 3.05) is 32.7 Å². The predicted octanol–water partition coefficient (Wildman–Crippen LogP) is 2.13. The molecule has 0 amide bonds. The number of piperazine rings is 1. The number of aromatic nitrogens is 3. The number of rotatable bonds is 7. The van der Waals surface area contributed by atoms with Crippen molar-refractivity contribution in [1.29, 1.82) is 5.26 Å². The second-order valence-electron chi connectivity index (χ2n) is 8.11. The lowest BCUT2D eigenvalue weighted by Crippen LogP contribution is -2.52. The summed E-state index contributed by atoms with van der Waals surface area (Å²) in [4.78, 5) is 8.27. The first-order chi connectivity index (χ1) is 15.4. The monoisotopic (exact) mass is 438 g/mol. The zero-order valence-corrected chi connectivity index (χ0v) is 17.5. The van der Waals surface area contributed by atoms with Gasteiger partial charge in [-0.2, -0.15) is 10.4 Å². The standard InChI is InChI=1S/C23H24F2N6O/c24-20-5-6-21(22(25)11-20)23(32,15-31-17-27-16-28-31)14-30-9-7-29(8-10-30)13-19-3-1-18(12-26)2-4-19/h1-6,11,16-17,32H,7-10,13-15H2. The smallest absolute Gasteiger partial charge is 0.137 e. The summed E-state index contributed by atoms with van der Waals surface area (Å²) in [5.41, 5.74) is 0.210. The van der Waals surface area contributed by atoms with Gasteiger partial charge in [-0.25, -0.2) is 18.4 Å². The lowest BCUT2D eigenvalue weighted by atomic mass is 9.92. The Bertz CT molecular complexity index is 1070. The molecule has 1 aliphatic heterocycles. The molecule has 1 saturated heterocycles. The minimum Gasteiger partial charge on any atom is -0.382 e. The molecular weight excluding hydrogens is 414 g/mol. The summed E-state index contributed by atoms with van der Waals surface area (Å²) in [5.74, 6) is -1.47. The van der Waals surface area contributed by atoms with Gasteiger partial charge in [-0.05, 0) is 23.8 Å². The van der Waals surface area contributed by atoms with Crippen LogP contribution in [0.1, 0.15) is 16.7 Å². The van der Waals surface area contributed by atoms with Gasteiger partial charge in [-0.15, -0.1) is 0 Å². The molecule has 1 aliphatic rings. The Balaban J connectivity index is 1.43. The Morgan fingerprint density at radius 2 is 1.72 bits per heavy atom. The van der Waals surface area contributed by atoms with Gasteiger partial charge in [0.1, 0.15) is 29.9 Å². The fourth-order valence-electron chi connectivity index (χ4n) is 4.09. The van der Waals surface area contributed by atoms with Crippen molar-refractivity contribution in [3.8, 4) is 6.07 Å². The van der Waals surface area contributed by atoms with Crippen LogP contribution in [0, 0.1) is 23.0 Å². The third-order valence-electron chi connectivity index (χ3n) is 5.76. The summed E-state index contributed by atoms with van der Waals surface area (Å²) in [6.07, 6.45) is 2.81. The number of halogens is 2. The van der Waals surface area contributed by atoms with Gasteiger partial charge in [-0.3, -0.25) is 9.80 Å². The Labute approximate surface area is 185 Å². The zero-order chi connectivity index (χ0) is 22.6. The average molecular weight is 438 g/mol. The van der Waals surface area contributed by atoms with E-state index >= 15 is 0 Å². The highest BCUT2D eigenvalue weighted by Crippen LogP contribution is 2.28. The molecule has 0 spiro atoms. The summed E-state index contributed by atoms with van der Waals surface area (Å²) >= 11 is 0. The van der Waals surface area contributed by atoms with Crippen LogP contribution < -0.4 is 0 Å². The first kappa shape index (κ1) is 22.0. The molecule has 0 aliphatic carbocycles. The largest absolute Gasteiger partial charge is 0.382 e. The second kappa shape index (κ2) is 9.53. The topological polar surface area (TPSA) is 81.2 Å². The van der Waals surface area contributed by atoms with Crippen LogP contribution in [0.3, 0.4) is 0 Å². The molecule has 1 aromatic heterocycles. The summed E-state index contributed by atoms with van der Waals surface area (Å²) in [7, 11) is 0. The van der Waals surface area contributed by atoms with Crippen LogP contribution in [0.15, 0.2) is 55.1 Å². The van der Waals surface area contributed by atoms with E-state index in [1.807, 2.05) is 24.3 Å². The Hall–Kier alpha value is -3.19. The molecule has 1 N–H and O–H groups in total. The molecular formula is C23H24F2N6O. The van der Waals surface area contributed by atoms with E-state index in [9.17, 15) is 13.9 Å². The fraction of sp³-hybridized carbons (Fsp3) is 0.348. The van der Waals surface area contributed by atoms with Crippen molar-refractivity contribution in [3.63, 3.8) is 0 Å². The molecule has 4 rings (SSSR count). The summed E-state index contributed by atoms with van der Waals surface area (Å²) in [5, 5.41) is 24.5. The SMILES string of the molecule is N#Cc1ccc(CN2CCN(CC(O)(Cn3cncn3)c3ccc(F)cc3F)CC2)cc1. The highest BCUT2D eigenvalue weighted by atomic mass is 19.1. The molecule has 0 radical (unpaired) electrons. The molecule has 32 heavy (non-hydrogen) atoms. The molecule has 0 saturated carbocycles. The average Bonchev–Trinajstić information content (AvgIpc) is 3.28. The molecule has 9 heteroatoms. The number of benzene rings is 2. The molecule has 0 bridgehead atoms. The van der Waals surface area contributed by atoms with Crippen molar-refractivity contribution in [2.24, 2.45) is 0 Å². The summed E-state index contributed by atoms with van der Waals surface area (Å²) in [6, 6.07) is 12.9. The van der Waals surface area contributed by atoms with E-state index in [0.717, 1.165) is 37.3 Å². The maximum Gasteiger partial charge on any atom is 0.137 e.